The van der Waals surface area contributed by atoms with Gasteiger partial charge in [0.15, 0.2) is 11.6 Å². The number of nitrogens with zero attached hydrogens (tertiary/aromatic N) is 8. The third kappa shape index (κ3) is 8.42. The van der Waals surface area contributed by atoms with Gasteiger partial charge in [-0.05, 0) is 54.6 Å². The van der Waals surface area contributed by atoms with E-state index in [9.17, 15) is 0 Å². The molecule has 348 valence electrons. The summed E-state index contributed by atoms with van der Waals surface area (Å²) in [6.45, 7) is 0. The Morgan fingerprint density at radius 3 is 0.892 bits per heavy atom. The molecular weight excluding hydrogens is 905 g/mol. The molecule has 0 spiro atoms. The Morgan fingerprint density at radius 1 is 0.203 bits per heavy atom. The Labute approximate surface area is 429 Å². The Hall–Kier alpha value is -10.2. The molecule has 13 rings (SSSR count). The van der Waals surface area contributed by atoms with Gasteiger partial charge >= 0.3 is 0 Å². The molecule has 8 nitrogen and oxygen atoms in total. The smallest absolute Gasteiger partial charge is 0.235 e. The summed E-state index contributed by atoms with van der Waals surface area (Å²) in [4.78, 5) is 36.4. The standard InChI is InChI=1S/C66H44N8/c1-7-23-45(24-8-1)53-42-57(69-64(67-53)49-31-15-5-16-32-49)51-39-40-59(52(41-51)58-44-54(46-25-9-2-10-26-46)68-65(70-58)50-33-17-6-18-34-50)73-60-35-19-21-37-62(60)74(63-38-22-20-36-61(63)73)66-71-55(47-27-11-3-12-28-47)43-56(72-66)48-29-13-4-14-30-48/h1-44H. The highest BCUT2D eigenvalue weighted by Crippen LogP contribution is 2.55. The number of rotatable bonds is 10. The zero-order valence-corrected chi connectivity index (χ0v) is 40.0. The van der Waals surface area contributed by atoms with Crippen LogP contribution in [0.5, 0.6) is 0 Å². The van der Waals surface area contributed by atoms with Crippen molar-refractivity contribution in [1.82, 2.24) is 29.9 Å². The number of benzene rings is 9. The van der Waals surface area contributed by atoms with E-state index in [1.807, 2.05) is 109 Å². The van der Waals surface area contributed by atoms with Gasteiger partial charge in [-0.25, -0.2) is 29.9 Å². The van der Waals surface area contributed by atoms with Crippen LogP contribution in [0.1, 0.15) is 0 Å². The molecule has 0 radical (unpaired) electrons. The zero-order valence-electron chi connectivity index (χ0n) is 40.0. The van der Waals surface area contributed by atoms with Crippen molar-refractivity contribution in [2.24, 2.45) is 0 Å². The van der Waals surface area contributed by atoms with E-state index >= 15 is 0 Å². The first kappa shape index (κ1) is 43.8. The maximum atomic E-state index is 5.47. The van der Waals surface area contributed by atoms with Crippen molar-refractivity contribution in [3.63, 3.8) is 0 Å². The van der Waals surface area contributed by atoms with Gasteiger partial charge < -0.3 is 4.90 Å². The Balaban J connectivity index is 1.05. The second kappa shape index (κ2) is 19.2. The van der Waals surface area contributed by atoms with Crippen molar-refractivity contribution >= 4 is 34.4 Å². The molecule has 0 fully saturated rings. The fraction of sp³-hybridized carbons (Fsp3) is 0. The molecule has 0 bridgehead atoms. The van der Waals surface area contributed by atoms with Gasteiger partial charge in [0, 0.05) is 44.5 Å². The summed E-state index contributed by atoms with van der Waals surface area (Å²) in [5.41, 5.74) is 17.1. The summed E-state index contributed by atoms with van der Waals surface area (Å²) in [6.07, 6.45) is 0. The van der Waals surface area contributed by atoms with Gasteiger partial charge in [-0.15, -0.1) is 0 Å². The SMILES string of the molecule is c1ccc(-c2cc(-c3ccc(N4c5ccccc5N(c5nc(-c6ccccc6)cc(-c6ccccc6)n5)c5ccccc54)c(-c4cc(-c5ccccc5)nc(-c5ccccc5)n4)c3)nc(-c3ccccc3)n2)cc1. The molecule has 8 heteroatoms. The van der Waals surface area contributed by atoms with E-state index in [0.29, 0.717) is 17.6 Å². The molecule has 3 aromatic heterocycles. The molecule has 12 aromatic rings. The minimum Gasteiger partial charge on any atom is -0.306 e. The Kier molecular flexibility index (Phi) is 11.4. The summed E-state index contributed by atoms with van der Waals surface area (Å²) in [7, 11) is 0. The topological polar surface area (TPSA) is 83.8 Å². The lowest BCUT2D eigenvalue weighted by Crippen LogP contribution is -2.25. The summed E-state index contributed by atoms with van der Waals surface area (Å²) in [6, 6.07) is 91.4. The number of anilines is 6. The summed E-state index contributed by atoms with van der Waals surface area (Å²) in [5.74, 6) is 1.82. The van der Waals surface area contributed by atoms with Crippen LogP contribution in [0.15, 0.2) is 267 Å². The normalized spacial score (nSPS) is 11.7. The molecule has 74 heavy (non-hydrogen) atoms. The van der Waals surface area contributed by atoms with Gasteiger partial charge in [0.25, 0.3) is 0 Å². The fourth-order valence-corrected chi connectivity index (χ4v) is 9.69. The monoisotopic (exact) mass is 948 g/mol. The first-order chi connectivity index (χ1) is 36.7. The van der Waals surface area contributed by atoms with Crippen molar-refractivity contribution in [3.8, 4) is 90.3 Å². The van der Waals surface area contributed by atoms with E-state index in [2.05, 4.69) is 168 Å². The van der Waals surface area contributed by atoms with E-state index in [0.717, 1.165) is 107 Å². The number of aromatic nitrogens is 6. The molecule has 0 amide bonds. The summed E-state index contributed by atoms with van der Waals surface area (Å²) >= 11 is 0. The summed E-state index contributed by atoms with van der Waals surface area (Å²) in [5, 5.41) is 0. The third-order valence-electron chi connectivity index (χ3n) is 13.2. The fourth-order valence-electron chi connectivity index (χ4n) is 9.69. The van der Waals surface area contributed by atoms with Gasteiger partial charge in [-0.3, -0.25) is 4.90 Å². The van der Waals surface area contributed by atoms with Gasteiger partial charge in [-0.2, -0.15) is 0 Å². The molecule has 4 heterocycles. The predicted molar refractivity (Wildman–Crippen MR) is 300 cm³/mol. The lowest BCUT2D eigenvalue weighted by Gasteiger charge is -2.40. The van der Waals surface area contributed by atoms with Gasteiger partial charge in [-0.1, -0.05) is 212 Å². The van der Waals surface area contributed by atoms with E-state index in [1.165, 1.54) is 0 Å². The lowest BCUT2D eigenvalue weighted by molar-refractivity contribution is 1.06. The van der Waals surface area contributed by atoms with Crippen LogP contribution in [-0.2, 0) is 0 Å². The molecule has 0 N–H and O–H groups in total. The largest absolute Gasteiger partial charge is 0.306 e. The molecule has 0 saturated heterocycles. The van der Waals surface area contributed by atoms with Crippen molar-refractivity contribution in [3.05, 3.63) is 267 Å². The molecule has 0 saturated carbocycles. The Bertz CT molecular complexity index is 3730. The number of hydrogen-bond acceptors (Lipinski definition) is 8. The number of para-hydroxylation sites is 4. The van der Waals surface area contributed by atoms with E-state index < -0.39 is 0 Å². The minimum atomic E-state index is 0.559. The van der Waals surface area contributed by atoms with Crippen molar-refractivity contribution in [2.45, 2.75) is 0 Å². The van der Waals surface area contributed by atoms with Crippen molar-refractivity contribution in [2.75, 3.05) is 9.80 Å². The van der Waals surface area contributed by atoms with Crippen molar-refractivity contribution in [1.29, 1.82) is 0 Å². The second-order valence-corrected chi connectivity index (χ2v) is 17.9. The highest BCUT2D eigenvalue weighted by Gasteiger charge is 2.34. The van der Waals surface area contributed by atoms with Gasteiger partial charge in [0.2, 0.25) is 5.95 Å². The molecular formula is C66H44N8. The first-order valence-electron chi connectivity index (χ1n) is 24.6. The number of fused-ring (bicyclic) bond motifs is 2. The third-order valence-corrected chi connectivity index (χ3v) is 13.2. The summed E-state index contributed by atoms with van der Waals surface area (Å²) < 4.78 is 0. The van der Waals surface area contributed by atoms with Crippen LogP contribution < -0.4 is 9.80 Å². The van der Waals surface area contributed by atoms with Crippen LogP contribution in [0, 0.1) is 0 Å². The van der Waals surface area contributed by atoms with Gasteiger partial charge in [0.1, 0.15) is 0 Å². The highest BCUT2D eigenvalue weighted by molar-refractivity contribution is 6.03. The quantitative estimate of drug-likeness (QED) is 0.134. The van der Waals surface area contributed by atoms with E-state index in [1.54, 1.807) is 0 Å². The minimum absolute atomic E-state index is 0.559. The first-order valence-corrected chi connectivity index (χ1v) is 24.6. The van der Waals surface area contributed by atoms with Crippen LogP contribution in [0.4, 0.5) is 34.4 Å². The van der Waals surface area contributed by atoms with Gasteiger partial charge in [0.05, 0.1) is 62.6 Å². The number of hydrogen-bond donors (Lipinski definition) is 0. The van der Waals surface area contributed by atoms with Crippen molar-refractivity contribution < 1.29 is 0 Å². The van der Waals surface area contributed by atoms with Crippen LogP contribution in [0.3, 0.4) is 0 Å². The molecule has 9 aromatic carbocycles. The maximum Gasteiger partial charge on any atom is 0.235 e. The van der Waals surface area contributed by atoms with Crippen LogP contribution in [-0.4, -0.2) is 29.9 Å². The molecule has 0 atom stereocenters. The zero-order chi connectivity index (χ0) is 49.2. The second-order valence-electron chi connectivity index (χ2n) is 17.9. The average Bonchev–Trinajstić information content (AvgIpc) is 3.49. The van der Waals surface area contributed by atoms with E-state index in [4.69, 9.17) is 29.9 Å². The predicted octanol–water partition coefficient (Wildman–Crippen LogP) is 16.6. The van der Waals surface area contributed by atoms with Crippen LogP contribution in [0.25, 0.3) is 90.3 Å². The van der Waals surface area contributed by atoms with E-state index in [-0.39, 0.29) is 0 Å². The Morgan fingerprint density at radius 2 is 0.500 bits per heavy atom. The molecule has 1 aliphatic rings. The van der Waals surface area contributed by atoms with Crippen LogP contribution in [0.2, 0.25) is 0 Å². The average molecular weight is 949 g/mol. The molecule has 0 unspecified atom stereocenters. The molecule has 1 aliphatic heterocycles. The lowest BCUT2D eigenvalue weighted by atomic mass is 9.97. The molecule has 0 aliphatic carbocycles. The van der Waals surface area contributed by atoms with Crippen LogP contribution >= 0.6 is 0 Å². The highest BCUT2D eigenvalue weighted by atomic mass is 15.3. The maximum absolute atomic E-state index is 5.47.